The summed E-state index contributed by atoms with van der Waals surface area (Å²) in [5, 5.41) is 20.8. The van der Waals surface area contributed by atoms with E-state index in [4.69, 9.17) is 19.0 Å². The van der Waals surface area contributed by atoms with Crippen LogP contribution in [0.3, 0.4) is 0 Å². The molecule has 9 nitrogen and oxygen atoms in total. The number of fused-ring (bicyclic) bond motifs is 1. The lowest BCUT2D eigenvalue weighted by atomic mass is 9.94. The fraction of sp³-hybridized carbons (Fsp3) is 0.138. The summed E-state index contributed by atoms with van der Waals surface area (Å²) < 4.78 is 16.7. The first-order chi connectivity index (χ1) is 18.3. The molecule has 0 aliphatic carbocycles. The lowest BCUT2D eigenvalue weighted by Gasteiger charge is -2.28. The SMILES string of the molecule is COc1ccccc1C1C(C(=O)c2cc3cccc(OC)c3o2)=C(O)C(=O)N1c1ccc(CC(=O)O)cc1. The van der Waals surface area contributed by atoms with Crippen molar-refractivity contribution in [2.75, 3.05) is 19.1 Å². The van der Waals surface area contributed by atoms with Crippen LogP contribution < -0.4 is 14.4 Å². The van der Waals surface area contributed by atoms with E-state index in [9.17, 15) is 19.5 Å². The second-order valence-corrected chi connectivity index (χ2v) is 8.64. The van der Waals surface area contributed by atoms with Crippen LogP contribution in [0.5, 0.6) is 11.5 Å². The summed E-state index contributed by atoms with van der Waals surface area (Å²) in [7, 11) is 2.96. The van der Waals surface area contributed by atoms with E-state index in [1.807, 2.05) is 0 Å². The average molecular weight is 514 g/mol. The fourth-order valence-electron chi connectivity index (χ4n) is 4.68. The number of hydrogen-bond donors (Lipinski definition) is 2. The summed E-state index contributed by atoms with van der Waals surface area (Å²) >= 11 is 0. The van der Waals surface area contributed by atoms with Gasteiger partial charge < -0.3 is 24.1 Å². The Morgan fingerprint density at radius 2 is 1.63 bits per heavy atom. The van der Waals surface area contributed by atoms with Crippen LogP contribution in [0.2, 0.25) is 0 Å². The van der Waals surface area contributed by atoms with Gasteiger partial charge in [0.05, 0.1) is 32.3 Å². The van der Waals surface area contributed by atoms with Crippen molar-refractivity contribution in [3.05, 3.63) is 101 Å². The van der Waals surface area contributed by atoms with Crippen LogP contribution in [0.4, 0.5) is 5.69 Å². The number of aliphatic hydroxyl groups is 1. The summed E-state index contributed by atoms with van der Waals surface area (Å²) in [4.78, 5) is 39.7. The molecule has 0 saturated carbocycles. The number of aliphatic carboxylic acids is 1. The van der Waals surface area contributed by atoms with Gasteiger partial charge >= 0.3 is 5.97 Å². The minimum Gasteiger partial charge on any atom is -0.503 e. The van der Waals surface area contributed by atoms with Crippen molar-refractivity contribution in [1.29, 1.82) is 0 Å². The minimum atomic E-state index is -1.05. The summed E-state index contributed by atoms with van der Waals surface area (Å²) in [6.07, 6.45) is -0.188. The molecule has 5 rings (SSSR count). The number of amides is 1. The van der Waals surface area contributed by atoms with Crippen LogP contribution in [0, 0.1) is 0 Å². The zero-order valence-corrected chi connectivity index (χ0v) is 20.5. The molecule has 192 valence electrons. The van der Waals surface area contributed by atoms with Gasteiger partial charge in [-0.1, -0.05) is 42.5 Å². The number of rotatable bonds is 8. The van der Waals surface area contributed by atoms with E-state index in [0.29, 0.717) is 39.3 Å². The number of methoxy groups -OCH3 is 2. The van der Waals surface area contributed by atoms with Crippen molar-refractivity contribution < 1.29 is 38.5 Å². The molecule has 2 N–H and O–H groups in total. The van der Waals surface area contributed by atoms with Gasteiger partial charge in [-0.3, -0.25) is 19.3 Å². The number of benzene rings is 3. The number of carboxylic acids is 1. The highest BCUT2D eigenvalue weighted by atomic mass is 16.5. The zero-order chi connectivity index (χ0) is 27.0. The van der Waals surface area contributed by atoms with Gasteiger partial charge in [0.25, 0.3) is 5.91 Å². The van der Waals surface area contributed by atoms with Gasteiger partial charge in [0, 0.05) is 16.6 Å². The molecule has 1 aromatic heterocycles. The third-order valence-corrected chi connectivity index (χ3v) is 6.41. The van der Waals surface area contributed by atoms with E-state index < -0.39 is 29.5 Å². The quantitative estimate of drug-likeness (QED) is 0.320. The van der Waals surface area contributed by atoms with Gasteiger partial charge in [-0.05, 0) is 35.9 Å². The molecule has 9 heteroatoms. The van der Waals surface area contributed by atoms with Gasteiger partial charge in [-0.2, -0.15) is 0 Å². The predicted octanol–water partition coefficient (Wildman–Crippen LogP) is 4.86. The zero-order valence-electron chi connectivity index (χ0n) is 20.5. The molecule has 1 unspecified atom stereocenters. The highest BCUT2D eigenvalue weighted by Crippen LogP contribution is 2.45. The molecule has 0 radical (unpaired) electrons. The first-order valence-electron chi connectivity index (χ1n) is 11.7. The third kappa shape index (κ3) is 4.13. The smallest absolute Gasteiger partial charge is 0.307 e. The lowest BCUT2D eigenvalue weighted by molar-refractivity contribution is -0.136. The first kappa shape index (κ1) is 24.6. The number of furan rings is 1. The summed E-state index contributed by atoms with van der Waals surface area (Å²) in [5.74, 6) is -2.39. The summed E-state index contributed by atoms with van der Waals surface area (Å²) in [5.41, 5.74) is 1.56. The number of Topliss-reactive ketones (excluding diaryl/α,β-unsaturated/α-hetero) is 1. The molecule has 0 fully saturated rings. The van der Waals surface area contributed by atoms with Gasteiger partial charge in [0.1, 0.15) is 5.75 Å². The number of anilines is 1. The maximum Gasteiger partial charge on any atom is 0.307 e. The Labute approximate surface area is 217 Å². The molecule has 3 aromatic carbocycles. The number of ketones is 1. The number of carboxylic acid groups (broad SMARTS) is 1. The molecule has 0 spiro atoms. The van der Waals surface area contributed by atoms with Gasteiger partial charge in [-0.25, -0.2) is 0 Å². The topological polar surface area (TPSA) is 127 Å². The Balaban J connectivity index is 1.64. The van der Waals surface area contributed by atoms with Crippen LogP contribution >= 0.6 is 0 Å². The Morgan fingerprint density at radius 3 is 2.32 bits per heavy atom. The van der Waals surface area contributed by atoms with Gasteiger partial charge in [0.2, 0.25) is 5.78 Å². The first-order valence-corrected chi connectivity index (χ1v) is 11.7. The molecule has 4 aromatic rings. The highest BCUT2D eigenvalue weighted by Gasteiger charge is 2.46. The minimum absolute atomic E-state index is 0.0718. The van der Waals surface area contributed by atoms with E-state index in [1.54, 1.807) is 66.7 Å². The number of nitrogens with zero attached hydrogens (tertiary/aromatic N) is 1. The van der Waals surface area contributed by atoms with Crippen molar-refractivity contribution in [3.8, 4) is 11.5 Å². The van der Waals surface area contributed by atoms with E-state index in [0.717, 1.165) is 0 Å². The van der Waals surface area contributed by atoms with Crippen molar-refractivity contribution in [3.63, 3.8) is 0 Å². The second kappa shape index (κ2) is 9.78. The highest BCUT2D eigenvalue weighted by molar-refractivity contribution is 6.20. The number of carbonyl (C=O) groups is 3. The third-order valence-electron chi connectivity index (χ3n) is 6.41. The van der Waals surface area contributed by atoms with Crippen LogP contribution in [-0.4, -0.2) is 42.1 Å². The molecule has 1 amide bonds. The fourth-order valence-corrected chi connectivity index (χ4v) is 4.68. The number of aliphatic hydroxyl groups excluding tert-OH is 1. The number of ether oxygens (including phenoxy) is 2. The molecule has 38 heavy (non-hydrogen) atoms. The predicted molar refractivity (Wildman–Crippen MR) is 138 cm³/mol. The molecular weight excluding hydrogens is 490 g/mol. The lowest BCUT2D eigenvalue weighted by Crippen LogP contribution is -2.31. The van der Waals surface area contributed by atoms with Crippen molar-refractivity contribution >= 4 is 34.3 Å². The number of carbonyl (C=O) groups excluding carboxylic acids is 2. The van der Waals surface area contributed by atoms with Crippen LogP contribution in [0.25, 0.3) is 11.0 Å². The molecular formula is C29H23NO8. The Hall–Kier alpha value is -5.05. The normalized spacial score (nSPS) is 15.3. The van der Waals surface area contributed by atoms with Gasteiger partial charge in [-0.15, -0.1) is 0 Å². The maximum absolute atomic E-state index is 13.9. The van der Waals surface area contributed by atoms with E-state index >= 15 is 0 Å². The standard InChI is InChI=1S/C29H23NO8/c1-36-20-8-4-3-7-19(20)25-24(26(33)22-15-17-6-5-9-21(37-2)28(17)38-22)27(34)29(35)30(25)18-12-10-16(11-13-18)14-23(31)32/h3-13,15,25,34H,14H2,1-2H3,(H,31,32). The molecule has 0 saturated heterocycles. The average Bonchev–Trinajstić information content (AvgIpc) is 3.47. The maximum atomic E-state index is 13.9. The molecule has 1 aliphatic heterocycles. The Bertz CT molecular complexity index is 1600. The van der Waals surface area contributed by atoms with E-state index in [2.05, 4.69) is 0 Å². The van der Waals surface area contributed by atoms with Gasteiger partial charge in [0.15, 0.2) is 22.9 Å². The molecule has 0 bridgehead atoms. The summed E-state index contributed by atoms with van der Waals surface area (Å²) in [6.45, 7) is 0. The molecule has 1 atom stereocenters. The molecule has 1 aliphatic rings. The van der Waals surface area contributed by atoms with E-state index in [1.165, 1.54) is 25.2 Å². The summed E-state index contributed by atoms with van der Waals surface area (Å²) in [6, 6.07) is 18.9. The van der Waals surface area contributed by atoms with Crippen LogP contribution in [0.1, 0.15) is 27.7 Å². The largest absolute Gasteiger partial charge is 0.503 e. The van der Waals surface area contributed by atoms with Crippen molar-refractivity contribution in [2.45, 2.75) is 12.5 Å². The monoisotopic (exact) mass is 513 g/mol. The second-order valence-electron chi connectivity index (χ2n) is 8.64. The Kier molecular flexibility index (Phi) is 6.34. The van der Waals surface area contributed by atoms with Crippen LogP contribution in [0.15, 0.2) is 88.5 Å². The van der Waals surface area contributed by atoms with Crippen molar-refractivity contribution in [1.82, 2.24) is 0 Å². The van der Waals surface area contributed by atoms with E-state index in [-0.39, 0.29) is 17.8 Å². The number of hydrogen-bond acceptors (Lipinski definition) is 7. The van der Waals surface area contributed by atoms with Crippen LogP contribution in [-0.2, 0) is 16.0 Å². The molecule has 2 heterocycles. The Morgan fingerprint density at radius 1 is 0.947 bits per heavy atom. The number of para-hydroxylation sites is 2. The van der Waals surface area contributed by atoms with Crippen molar-refractivity contribution in [2.24, 2.45) is 0 Å².